The van der Waals surface area contributed by atoms with Gasteiger partial charge in [0.25, 0.3) is 5.91 Å². The molecule has 0 aliphatic carbocycles. The number of ether oxygens (including phenoxy) is 1. The number of rotatable bonds is 5. The highest BCUT2D eigenvalue weighted by Gasteiger charge is 2.10. The van der Waals surface area contributed by atoms with Crippen molar-refractivity contribution in [1.82, 2.24) is 5.32 Å². The van der Waals surface area contributed by atoms with Crippen LogP contribution in [0, 0.1) is 13.8 Å². The first-order valence-electron chi connectivity index (χ1n) is 7.74. The maximum Gasteiger partial charge on any atom is 0.337 e. The van der Waals surface area contributed by atoms with E-state index in [9.17, 15) is 14.4 Å². The van der Waals surface area contributed by atoms with E-state index >= 15 is 0 Å². The molecule has 0 aliphatic rings. The van der Waals surface area contributed by atoms with Crippen molar-refractivity contribution in [1.29, 1.82) is 0 Å². The molecule has 0 saturated heterocycles. The van der Waals surface area contributed by atoms with Gasteiger partial charge in [-0.2, -0.15) is 0 Å². The second-order valence-electron chi connectivity index (χ2n) is 5.60. The predicted molar refractivity (Wildman–Crippen MR) is 94.7 cm³/mol. The number of benzene rings is 2. The predicted octanol–water partition coefficient (Wildman–Crippen LogP) is 2.46. The van der Waals surface area contributed by atoms with Crippen LogP contribution < -0.4 is 10.6 Å². The lowest BCUT2D eigenvalue weighted by Gasteiger charge is -2.09. The van der Waals surface area contributed by atoms with Crippen LogP contribution in [0.4, 0.5) is 5.69 Å². The van der Waals surface area contributed by atoms with Gasteiger partial charge in [-0.1, -0.05) is 12.1 Å². The number of carbonyl (C=O) groups excluding carboxylic acids is 3. The zero-order valence-corrected chi connectivity index (χ0v) is 14.4. The summed E-state index contributed by atoms with van der Waals surface area (Å²) in [7, 11) is 1.29. The molecule has 0 unspecified atom stereocenters. The number of amides is 2. The van der Waals surface area contributed by atoms with Gasteiger partial charge in [0.05, 0.1) is 19.2 Å². The molecule has 0 bridgehead atoms. The van der Waals surface area contributed by atoms with Crippen LogP contribution in [0.15, 0.2) is 42.5 Å². The first kappa shape index (κ1) is 18.2. The molecule has 0 radical (unpaired) electrons. The number of hydrogen-bond acceptors (Lipinski definition) is 4. The van der Waals surface area contributed by atoms with Crippen molar-refractivity contribution in [2.45, 2.75) is 13.8 Å². The quantitative estimate of drug-likeness (QED) is 0.819. The normalized spacial score (nSPS) is 10.0. The fraction of sp³-hybridized carbons (Fsp3) is 0.211. The Kier molecular flexibility index (Phi) is 5.89. The van der Waals surface area contributed by atoms with Crippen molar-refractivity contribution < 1.29 is 19.1 Å². The van der Waals surface area contributed by atoms with E-state index in [2.05, 4.69) is 15.4 Å². The first-order chi connectivity index (χ1) is 11.9. The van der Waals surface area contributed by atoms with Gasteiger partial charge in [0.2, 0.25) is 5.91 Å². The topological polar surface area (TPSA) is 84.5 Å². The van der Waals surface area contributed by atoms with Gasteiger partial charge in [-0.25, -0.2) is 4.79 Å². The van der Waals surface area contributed by atoms with Crippen molar-refractivity contribution >= 4 is 23.5 Å². The molecule has 0 heterocycles. The Labute approximate surface area is 146 Å². The van der Waals surface area contributed by atoms with E-state index < -0.39 is 5.97 Å². The molecule has 130 valence electrons. The maximum atomic E-state index is 12.1. The third-order valence-corrected chi connectivity index (χ3v) is 3.75. The average molecular weight is 340 g/mol. The Morgan fingerprint density at radius 2 is 1.72 bits per heavy atom. The summed E-state index contributed by atoms with van der Waals surface area (Å²) in [6.45, 7) is 3.72. The number of aryl methyl sites for hydroxylation is 2. The summed E-state index contributed by atoms with van der Waals surface area (Å²) in [5, 5.41) is 5.20. The molecular formula is C19H20N2O4. The zero-order chi connectivity index (χ0) is 18.4. The van der Waals surface area contributed by atoms with Crippen LogP contribution in [0.25, 0.3) is 0 Å². The van der Waals surface area contributed by atoms with E-state index in [1.807, 2.05) is 19.9 Å². The van der Waals surface area contributed by atoms with Crippen molar-refractivity contribution in [3.05, 3.63) is 64.7 Å². The third kappa shape index (κ3) is 4.91. The Bertz CT molecular complexity index is 815. The molecule has 2 aromatic rings. The van der Waals surface area contributed by atoms with E-state index in [1.54, 1.807) is 30.3 Å². The highest BCUT2D eigenvalue weighted by Crippen LogP contribution is 2.12. The Hall–Kier alpha value is -3.15. The summed E-state index contributed by atoms with van der Waals surface area (Å²) < 4.78 is 4.63. The van der Waals surface area contributed by atoms with Gasteiger partial charge >= 0.3 is 5.97 Å². The molecule has 6 nitrogen and oxygen atoms in total. The average Bonchev–Trinajstić information content (AvgIpc) is 2.61. The highest BCUT2D eigenvalue weighted by molar-refractivity contribution is 6.00. The van der Waals surface area contributed by atoms with Crippen LogP contribution in [0.3, 0.4) is 0 Å². The SMILES string of the molecule is COC(=O)c1cccc(NC(=O)CNC(=O)c2ccc(C)c(C)c2)c1. The summed E-state index contributed by atoms with van der Waals surface area (Å²) >= 11 is 0. The van der Waals surface area contributed by atoms with Gasteiger partial charge in [-0.3, -0.25) is 9.59 Å². The van der Waals surface area contributed by atoms with Crippen LogP contribution in [-0.2, 0) is 9.53 Å². The van der Waals surface area contributed by atoms with Crippen LogP contribution in [0.2, 0.25) is 0 Å². The maximum absolute atomic E-state index is 12.1. The summed E-state index contributed by atoms with van der Waals surface area (Å²) in [6, 6.07) is 11.7. The summed E-state index contributed by atoms with van der Waals surface area (Å²) in [5.41, 5.74) is 3.40. The van der Waals surface area contributed by atoms with Crippen molar-refractivity contribution in [3.8, 4) is 0 Å². The summed E-state index contributed by atoms with van der Waals surface area (Å²) in [4.78, 5) is 35.6. The van der Waals surface area contributed by atoms with E-state index in [1.165, 1.54) is 13.2 Å². The van der Waals surface area contributed by atoms with E-state index in [4.69, 9.17) is 0 Å². The van der Waals surface area contributed by atoms with Gasteiger partial charge in [0, 0.05) is 11.3 Å². The number of methoxy groups -OCH3 is 1. The number of anilines is 1. The molecule has 0 fully saturated rings. The van der Waals surface area contributed by atoms with Crippen molar-refractivity contribution in [2.24, 2.45) is 0 Å². The molecule has 2 amide bonds. The van der Waals surface area contributed by atoms with Gasteiger partial charge < -0.3 is 15.4 Å². The number of esters is 1. The fourth-order valence-corrected chi connectivity index (χ4v) is 2.19. The first-order valence-corrected chi connectivity index (χ1v) is 7.74. The minimum absolute atomic E-state index is 0.172. The highest BCUT2D eigenvalue weighted by atomic mass is 16.5. The molecule has 0 aliphatic heterocycles. The lowest BCUT2D eigenvalue weighted by Crippen LogP contribution is -2.32. The molecule has 6 heteroatoms. The fourth-order valence-electron chi connectivity index (χ4n) is 2.19. The molecule has 2 aromatic carbocycles. The minimum Gasteiger partial charge on any atom is -0.465 e. The molecule has 0 atom stereocenters. The second-order valence-corrected chi connectivity index (χ2v) is 5.60. The van der Waals surface area contributed by atoms with E-state index in [-0.39, 0.29) is 18.4 Å². The molecule has 2 N–H and O–H groups in total. The summed E-state index contributed by atoms with van der Waals surface area (Å²) in [5.74, 6) is -1.19. The zero-order valence-electron chi connectivity index (χ0n) is 14.4. The smallest absolute Gasteiger partial charge is 0.337 e. The van der Waals surface area contributed by atoms with Gasteiger partial charge in [-0.15, -0.1) is 0 Å². The number of carbonyl (C=O) groups is 3. The van der Waals surface area contributed by atoms with Gasteiger partial charge in [-0.05, 0) is 55.3 Å². The lowest BCUT2D eigenvalue weighted by molar-refractivity contribution is -0.115. The monoisotopic (exact) mass is 340 g/mol. The van der Waals surface area contributed by atoms with Gasteiger partial charge in [0.15, 0.2) is 0 Å². The number of nitrogens with one attached hydrogen (secondary N) is 2. The minimum atomic E-state index is -0.487. The molecular weight excluding hydrogens is 320 g/mol. The Morgan fingerprint density at radius 1 is 0.960 bits per heavy atom. The van der Waals surface area contributed by atoms with Crippen molar-refractivity contribution in [3.63, 3.8) is 0 Å². The largest absolute Gasteiger partial charge is 0.465 e. The third-order valence-electron chi connectivity index (χ3n) is 3.75. The van der Waals surface area contributed by atoms with E-state index in [0.717, 1.165) is 11.1 Å². The Morgan fingerprint density at radius 3 is 2.40 bits per heavy atom. The van der Waals surface area contributed by atoms with Crippen LogP contribution in [0.5, 0.6) is 0 Å². The molecule has 0 saturated carbocycles. The van der Waals surface area contributed by atoms with E-state index in [0.29, 0.717) is 16.8 Å². The summed E-state index contributed by atoms with van der Waals surface area (Å²) in [6.07, 6.45) is 0. The molecule has 0 spiro atoms. The van der Waals surface area contributed by atoms with Crippen LogP contribution in [0.1, 0.15) is 31.8 Å². The molecule has 2 rings (SSSR count). The Balaban J connectivity index is 1.93. The number of hydrogen-bond donors (Lipinski definition) is 2. The molecule has 25 heavy (non-hydrogen) atoms. The van der Waals surface area contributed by atoms with Crippen molar-refractivity contribution in [2.75, 3.05) is 19.0 Å². The van der Waals surface area contributed by atoms with Crippen LogP contribution in [-0.4, -0.2) is 31.4 Å². The second kappa shape index (κ2) is 8.10. The van der Waals surface area contributed by atoms with Crippen LogP contribution >= 0.6 is 0 Å². The van der Waals surface area contributed by atoms with Gasteiger partial charge in [0.1, 0.15) is 0 Å². The molecule has 0 aromatic heterocycles. The lowest BCUT2D eigenvalue weighted by atomic mass is 10.1. The standard InChI is InChI=1S/C19H20N2O4/c1-12-7-8-14(9-13(12)2)18(23)20-11-17(22)21-16-6-4-5-15(10-16)19(24)25-3/h4-10H,11H2,1-3H3,(H,20,23)(H,21,22).